The number of aliphatic hydroxyl groups excluding tert-OH is 1. The highest BCUT2D eigenvalue weighted by Crippen LogP contribution is 2.14. The van der Waals surface area contributed by atoms with E-state index in [1.54, 1.807) is 0 Å². The molecular formula is C20H42OS. The molecule has 0 bridgehead atoms. The third-order valence-corrected chi connectivity index (χ3v) is 5.42. The Hall–Kier alpha value is 0.310. The van der Waals surface area contributed by atoms with Crippen molar-refractivity contribution in [2.24, 2.45) is 0 Å². The molecule has 0 aromatic heterocycles. The molecule has 0 aromatic carbocycles. The van der Waals surface area contributed by atoms with E-state index in [-0.39, 0.29) is 6.10 Å². The summed E-state index contributed by atoms with van der Waals surface area (Å²) in [5, 5.41) is 9.16. The summed E-state index contributed by atoms with van der Waals surface area (Å²) < 4.78 is 0. The van der Waals surface area contributed by atoms with Crippen molar-refractivity contribution in [3.63, 3.8) is 0 Å². The van der Waals surface area contributed by atoms with E-state index in [4.69, 9.17) is 5.11 Å². The van der Waals surface area contributed by atoms with E-state index < -0.39 is 0 Å². The Kier molecular flexibility index (Phi) is 19.6. The highest BCUT2D eigenvalue weighted by Gasteiger charge is 1.96. The summed E-state index contributed by atoms with van der Waals surface area (Å²) in [6.07, 6.45) is 20.9. The van der Waals surface area contributed by atoms with Crippen molar-refractivity contribution < 1.29 is 5.11 Å². The Morgan fingerprint density at radius 3 is 1.45 bits per heavy atom. The van der Waals surface area contributed by atoms with E-state index in [2.05, 4.69) is 6.92 Å². The molecule has 134 valence electrons. The van der Waals surface area contributed by atoms with Crippen LogP contribution in [0.15, 0.2) is 0 Å². The fraction of sp³-hybridized carbons (Fsp3) is 1.00. The third kappa shape index (κ3) is 20.3. The Balaban J connectivity index is 2.94. The van der Waals surface area contributed by atoms with Gasteiger partial charge in [0.1, 0.15) is 0 Å². The van der Waals surface area contributed by atoms with Gasteiger partial charge in [0.05, 0.1) is 6.10 Å². The number of rotatable bonds is 18. The summed E-state index contributed by atoms with van der Waals surface area (Å²) in [7, 11) is 0. The van der Waals surface area contributed by atoms with E-state index in [1.807, 2.05) is 18.7 Å². The van der Waals surface area contributed by atoms with Gasteiger partial charge < -0.3 is 5.11 Å². The van der Waals surface area contributed by atoms with Crippen LogP contribution in [0.4, 0.5) is 0 Å². The quantitative estimate of drug-likeness (QED) is 0.274. The summed E-state index contributed by atoms with van der Waals surface area (Å²) >= 11 is 2.01. The molecular weight excluding hydrogens is 288 g/mol. The van der Waals surface area contributed by atoms with E-state index >= 15 is 0 Å². The van der Waals surface area contributed by atoms with Crippen molar-refractivity contribution >= 4 is 11.8 Å². The lowest BCUT2D eigenvalue weighted by molar-refractivity contribution is 0.192. The molecule has 1 N–H and O–H groups in total. The van der Waals surface area contributed by atoms with Crippen molar-refractivity contribution in [2.75, 3.05) is 11.5 Å². The second-order valence-electron chi connectivity index (χ2n) is 6.85. The van der Waals surface area contributed by atoms with Gasteiger partial charge in [-0.2, -0.15) is 11.8 Å². The smallest absolute Gasteiger partial charge is 0.0520 e. The predicted molar refractivity (Wildman–Crippen MR) is 104 cm³/mol. The highest BCUT2D eigenvalue weighted by molar-refractivity contribution is 7.99. The zero-order valence-electron chi connectivity index (χ0n) is 15.5. The molecule has 0 heterocycles. The molecule has 0 spiro atoms. The minimum Gasteiger partial charge on any atom is -0.393 e. The number of unbranched alkanes of at least 4 members (excludes halogenated alkanes) is 13. The molecule has 0 radical (unpaired) electrons. The Morgan fingerprint density at radius 2 is 1.05 bits per heavy atom. The van der Waals surface area contributed by atoms with Crippen molar-refractivity contribution in [2.45, 2.75) is 116 Å². The molecule has 22 heavy (non-hydrogen) atoms. The topological polar surface area (TPSA) is 20.2 Å². The SMILES string of the molecule is CCCCCCCCCCCCCCCCSCCC(C)O. The summed E-state index contributed by atoms with van der Waals surface area (Å²) in [5.74, 6) is 2.40. The third-order valence-electron chi connectivity index (χ3n) is 4.32. The van der Waals surface area contributed by atoms with Gasteiger partial charge in [-0.15, -0.1) is 0 Å². The average Bonchev–Trinajstić information content (AvgIpc) is 2.50. The van der Waals surface area contributed by atoms with Crippen LogP contribution in [0.5, 0.6) is 0 Å². The Labute approximate surface area is 145 Å². The number of hydrogen-bond acceptors (Lipinski definition) is 2. The monoisotopic (exact) mass is 330 g/mol. The molecule has 0 fully saturated rings. The minimum atomic E-state index is -0.121. The second-order valence-corrected chi connectivity index (χ2v) is 8.07. The first-order chi connectivity index (χ1) is 10.8. The van der Waals surface area contributed by atoms with Gasteiger partial charge in [-0.05, 0) is 31.3 Å². The van der Waals surface area contributed by atoms with Gasteiger partial charge in [-0.1, -0.05) is 90.4 Å². The van der Waals surface area contributed by atoms with Crippen LogP contribution >= 0.6 is 11.8 Å². The molecule has 0 rings (SSSR count). The summed E-state index contributed by atoms with van der Waals surface area (Å²) in [6.45, 7) is 4.17. The maximum Gasteiger partial charge on any atom is 0.0520 e. The van der Waals surface area contributed by atoms with Gasteiger partial charge in [0.2, 0.25) is 0 Å². The van der Waals surface area contributed by atoms with Crippen molar-refractivity contribution in [3.8, 4) is 0 Å². The largest absolute Gasteiger partial charge is 0.393 e. The Morgan fingerprint density at radius 1 is 0.636 bits per heavy atom. The molecule has 0 amide bonds. The number of thioether (sulfide) groups is 1. The minimum absolute atomic E-state index is 0.121. The summed E-state index contributed by atoms with van der Waals surface area (Å²) in [5.41, 5.74) is 0. The van der Waals surface area contributed by atoms with Crippen LogP contribution in [-0.4, -0.2) is 22.7 Å². The second kappa shape index (κ2) is 19.4. The van der Waals surface area contributed by atoms with Gasteiger partial charge in [-0.25, -0.2) is 0 Å². The van der Waals surface area contributed by atoms with Crippen molar-refractivity contribution in [3.05, 3.63) is 0 Å². The van der Waals surface area contributed by atoms with Crippen molar-refractivity contribution in [1.82, 2.24) is 0 Å². The molecule has 2 heteroatoms. The summed E-state index contributed by atoms with van der Waals surface area (Å²) in [6, 6.07) is 0. The number of hydrogen-bond donors (Lipinski definition) is 1. The number of aliphatic hydroxyl groups is 1. The van der Waals surface area contributed by atoms with Crippen LogP contribution in [0.1, 0.15) is 110 Å². The zero-order valence-corrected chi connectivity index (χ0v) is 16.3. The van der Waals surface area contributed by atoms with Crippen LogP contribution in [0.3, 0.4) is 0 Å². The highest BCUT2D eigenvalue weighted by atomic mass is 32.2. The van der Waals surface area contributed by atoms with Gasteiger partial charge in [0, 0.05) is 0 Å². The molecule has 1 unspecified atom stereocenters. The first kappa shape index (κ1) is 22.3. The van der Waals surface area contributed by atoms with Crippen molar-refractivity contribution in [1.29, 1.82) is 0 Å². The molecule has 0 aliphatic heterocycles. The van der Waals surface area contributed by atoms with Crippen LogP contribution in [0.25, 0.3) is 0 Å². The van der Waals surface area contributed by atoms with Gasteiger partial charge in [0.25, 0.3) is 0 Å². The van der Waals surface area contributed by atoms with Crippen LogP contribution in [0, 0.1) is 0 Å². The maximum absolute atomic E-state index is 9.16. The van der Waals surface area contributed by atoms with Gasteiger partial charge in [-0.3, -0.25) is 0 Å². The molecule has 1 atom stereocenters. The van der Waals surface area contributed by atoms with Crippen LogP contribution in [-0.2, 0) is 0 Å². The van der Waals surface area contributed by atoms with E-state index in [0.29, 0.717) is 0 Å². The van der Waals surface area contributed by atoms with Crippen LogP contribution < -0.4 is 0 Å². The maximum atomic E-state index is 9.16. The van der Waals surface area contributed by atoms with Crippen LogP contribution in [0.2, 0.25) is 0 Å². The fourth-order valence-electron chi connectivity index (χ4n) is 2.75. The average molecular weight is 331 g/mol. The lowest BCUT2D eigenvalue weighted by Crippen LogP contribution is -2.00. The molecule has 0 aliphatic carbocycles. The van der Waals surface area contributed by atoms with Gasteiger partial charge >= 0.3 is 0 Å². The standard InChI is InChI=1S/C20H42OS/c1-3-4-5-6-7-8-9-10-11-12-13-14-15-16-18-22-19-17-20(2)21/h20-21H,3-19H2,1-2H3. The molecule has 1 nitrogen and oxygen atoms in total. The predicted octanol–water partition coefficient (Wildman–Crippen LogP) is 6.97. The molecule has 0 aromatic rings. The molecule has 0 saturated carbocycles. The lowest BCUT2D eigenvalue weighted by atomic mass is 10.0. The van der Waals surface area contributed by atoms with E-state index in [1.165, 1.54) is 95.6 Å². The normalized spacial score (nSPS) is 12.7. The van der Waals surface area contributed by atoms with E-state index in [0.717, 1.165) is 12.2 Å². The molecule has 0 aliphatic rings. The first-order valence-electron chi connectivity index (χ1n) is 10.0. The lowest BCUT2D eigenvalue weighted by Gasteiger charge is -2.04. The zero-order chi connectivity index (χ0) is 16.3. The van der Waals surface area contributed by atoms with Gasteiger partial charge in [0.15, 0.2) is 0 Å². The first-order valence-corrected chi connectivity index (χ1v) is 11.2. The van der Waals surface area contributed by atoms with E-state index in [9.17, 15) is 0 Å². The fourth-order valence-corrected chi connectivity index (χ4v) is 3.87. The Bertz CT molecular complexity index is 194. The summed E-state index contributed by atoms with van der Waals surface area (Å²) in [4.78, 5) is 0. The molecule has 0 saturated heterocycles.